The van der Waals surface area contributed by atoms with Crippen LogP contribution in [-0.4, -0.2) is 24.8 Å². The first-order valence-electron chi connectivity index (χ1n) is 5.69. The quantitative estimate of drug-likeness (QED) is 0.764. The highest BCUT2D eigenvalue weighted by Crippen LogP contribution is 2.12. The number of hydrogen-bond donors (Lipinski definition) is 2. The molecule has 92 valence electrons. The molecule has 0 heterocycles. The van der Waals surface area contributed by atoms with Gasteiger partial charge >= 0.3 is 0 Å². The van der Waals surface area contributed by atoms with Gasteiger partial charge in [0.15, 0.2) is 5.78 Å². The molecule has 0 bridgehead atoms. The Morgan fingerprint density at radius 2 is 1.82 bits per heavy atom. The van der Waals surface area contributed by atoms with Gasteiger partial charge in [0.05, 0.1) is 0 Å². The van der Waals surface area contributed by atoms with Crippen LogP contribution in [0.25, 0.3) is 0 Å². The number of carbonyl (C=O) groups excluding carboxylic acids is 2. The third kappa shape index (κ3) is 3.59. The zero-order chi connectivity index (χ0) is 12.8. The molecular weight excluding hydrogens is 216 g/mol. The Balaban J connectivity index is 2.68. The molecule has 4 nitrogen and oxygen atoms in total. The number of nitrogens with one attached hydrogen (secondary N) is 2. The standard InChI is InChI=1S/C13H18N2O2/c1-4-12(16)10-5-7-11(8-6-10)15-9(2)13(17)14-3/h5-9,15H,4H2,1-3H3,(H,14,17). The molecule has 1 atom stereocenters. The van der Waals surface area contributed by atoms with Crippen LogP contribution in [0.2, 0.25) is 0 Å². The van der Waals surface area contributed by atoms with E-state index in [-0.39, 0.29) is 17.7 Å². The van der Waals surface area contributed by atoms with E-state index >= 15 is 0 Å². The van der Waals surface area contributed by atoms with Crippen molar-refractivity contribution in [3.63, 3.8) is 0 Å². The molecule has 4 heteroatoms. The van der Waals surface area contributed by atoms with Crippen molar-refractivity contribution < 1.29 is 9.59 Å². The zero-order valence-corrected chi connectivity index (χ0v) is 10.4. The van der Waals surface area contributed by atoms with Gasteiger partial charge in [-0.2, -0.15) is 0 Å². The van der Waals surface area contributed by atoms with Crippen molar-refractivity contribution in [2.24, 2.45) is 0 Å². The predicted molar refractivity (Wildman–Crippen MR) is 68.2 cm³/mol. The van der Waals surface area contributed by atoms with E-state index in [0.29, 0.717) is 12.0 Å². The minimum atomic E-state index is -0.298. The van der Waals surface area contributed by atoms with Crippen molar-refractivity contribution in [2.75, 3.05) is 12.4 Å². The maximum absolute atomic E-state index is 11.4. The number of benzene rings is 1. The highest BCUT2D eigenvalue weighted by Gasteiger charge is 2.10. The van der Waals surface area contributed by atoms with Crippen LogP contribution >= 0.6 is 0 Å². The zero-order valence-electron chi connectivity index (χ0n) is 10.4. The minimum absolute atomic E-state index is 0.0706. The summed E-state index contributed by atoms with van der Waals surface area (Å²) in [5, 5.41) is 5.62. The van der Waals surface area contributed by atoms with Gasteiger partial charge in [-0.3, -0.25) is 9.59 Å². The second-order valence-corrected chi connectivity index (χ2v) is 3.83. The lowest BCUT2D eigenvalue weighted by Crippen LogP contribution is -2.35. The average molecular weight is 234 g/mol. The van der Waals surface area contributed by atoms with Gasteiger partial charge < -0.3 is 10.6 Å². The van der Waals surface area contributed by atoms with E-state index in [1.165, 1.54) is 0 Å². The number of rotatable bonds is 5. The van der Waals surface area contributed by atoms with Crippen LogP contribution in [0.15, 0.2) is 24.3 Å². The van der Waals surface area contributed by atoms with Gasteiger partial charge in [0.25, 0.3) is 0 Å². The van der Waals surface area contributed by atoms with Crippen LogP contribution in [0.5, 0.6) is 0 Å². The van der Waals surface area contributed by atoms with Crippen molar-refractivity contribution in [1.82, 2.24) is 5.32 Å². The van der Waals surface area contributed by atoms with Gasteiger partial charge in [0.2, 0.25) is 5.91 Å². The molecule has 0 saturated heterocycles. The summed E-state index contributed by atoms with van der Waals surface area (Å²) in [5.74, 6) is 0.0506. The summed E-state index contributed by atoms with van der Waals surface area (Å²) in [5.41, 5.74) is 1.53. The monoisotopic (exact) mass is 234 g/mol. The summed E-state index contributed by atoms with van der Waals surface area (Å²) >= 11 is 0. The molecule has 1 unspecified atom stereocenters. The molecule has 1 amide bonds. The van der Waals surface area contributed by atoms with Crippen LogP contribution in [-0.2, 0) is 4.79 Å². The lowest BCUT2D eigenvalue weighted by molar-refractivity contribution is -0.121. The first-order chi connectivity index (χ1) is 8.08. The van der Waals surface area contributed by atoms with Crippen molar-refractivity contribution >= 4 is 17.4 Å². The Kier molecular flexibility index (Phi) is 4.69. The normalized spacial score (nSPS) is 11.7. The summed E-state index contributed by atoms with van der Waals surface area (Å²) in [6, 6.07) is 6.85. The lowest BCUT2D eigenvalue weighted by Gasteiger charge is -2.13. The minimum Gasteiger partial charge on any atom is -0.374 e. The van der Waals surface area contributed by atoms with E-state index in [9.17, 15) is 9.59 Å². The average Bonchev–Trinajstić information content (AvgIpc) is 2.37. The first kappa shape index (κ1) is 13.2. The van der Waals surface area contributed by atoms with Gasteiger partial charge in [-0.15, -0.1) is 0 Å². The number of ketones is 1. The number of carbonyl (C=O) groups is 2. The fourth-order valence-corrected chi connectivity index (χ4v) is 1.49. The Hall–Kier alpha value is -1.84. The fourth-order valence-electron chi connectivity index (χ4n) is 1.49. The number of Topliss-reactive ketones (excluding diaryl/α,β-unsaturated/α-hetero) is 1. The fraction of sp³-hybridized carbons (Fsp3) is 0.385. The smallest absolute Gasteiger partial charge is 0.241 e. The number of likely N-dealkylation sites (N-methyl/N-ethyl adjacent to an activating group) is 1. The van der Waals surface area contributed by atoms with Crippen LogP contribution in [0.1, 0.15) is 30.6 Å². The van der Waals surface area contributed by atoms with Gasteiger partial charge in [0, 0.05) is 24.7 Å². The number of amides is 1. The molecule has 1 aromatic carbocycles. The summed E-state index contributed by atoms with van der Waals surface area (Å²) in [7, 11) is 1.60. The van der Waals surface area contributed by atoms with Gasteiger partial charge in [-0.1, -0.05) is 6.92 Å². The molecular formula is C13H18N2O2. The molecule has 0 spiro atoms. The SMILES string of the molecule is CCC(=O)c1ccc(NC(C)C(=O)NC)cc1. The van der Waals surface area contributed by atoms with Crippen LogP contribution in [0.3, 0.4) is 0 Å². The summed E-state index contributed by atoms with van der Waals surface area (Å²) < 4.78 is 0. The maximum atomic E-state index is 11.4. The molecule has 0 fully saturated rings. The van der Waals surface area contributed by atoms with E-state index in [0.717, 1.165) is 5.69 Å². The molecule has 0 aliphatic rings. The third-order valence-electron chi connectivity index (χ3n) is 2.55. The Bertz CT molecular complexity index is 398. The summed E-state index contributed by atoms with van der Waals surface area (Å²) in [6.45, 7) is 3.62. The van der Waals surface area contributed by atoms with E-state index in [4.69, 9.17) is 0 Å². The lowest BCUT2D eigenvalue weighted by atomic mass is 10.1. The second-order valence-electron chi connectivity index (χ2n) is 3.83. The van der Waals surface area contributed by atoms with Crippen LogP contribution in [0.4, 0.5) is 5.69 Å². The van der Waals surface area contributed by atoms with E-state index in [1.54, 1.807) is 26.1 Å². The molecule has 17 heavy (non-hydrogen) atoms. The third-order valence-corrected chi connectivity index (χ3v) is 2.55. The van der Waals surface area contributed by atoms with Crippen molar-refractivity contribution in [2.45, 2.75) is 26.3 Å². The molecule has 0 saturated carbocycles. The van der Waals surface area contributed by atoms with Crippen LogP contribution < -0.4 is 10.6 Å². The molecule has 2 N–H and O–H groups in total. The Morgan fingerprint density at radius 1 is 1.24 bits per heavy atom. The largest absolute Gasteiger partial charge is 0.374 e. The first-order valence-corrected chi connectivity index (χ1v) is 5.69. The molecule has 0 aliphatic carbocycles. The maximum Gasteiger partial charge on any atom is 0.241 e. The van der Waals surface area contributed by atoms with E-state index < -0.39 is 0 Å². The van der Waals surface area contributed by atoms with Crippen molar-refractivity contribution in [3.05, 3.63) is 29.8 Å². The number of anilines is 1. The molecule has 0 aliphatic heterocycles. The molecule has 0 radical (unpaired) electrons. The molecule has 1 aromatic rings. The predicted octanol–water partition coefficient (Wildman–Crippen LogP) is 1.83. The summed E-state index contributed by atoms with van der Waals surface area (Å²) in [6.07, 6.45) is 0.501. The molecule has 0 aromatic heterocycles. The Morgan fingerprint density at radius 3 is 2.29 bits per heavy atom. The van der Waals surface area contributed by atoms with Gasteiger partial charge in [-0.05, 0) is 31.2 Å². The second kappa shape index (κ2) is 6.03. The van der Waals surface area contributed by atoms with Gasteiger partial charge in [-0.25, -0.2) is 0 Å². The highest BCUT2D eigenvalue weighted by atomic mass is 16.2. The van der Waals surface area contributed by atoms with E-state index in [2.05, 4.69) is 10.6 Å². The van der Waals surface area contributed by atoms with Gasteiger partial charge in [0.1, 0.15) is 6.04 Å². The van der Waals surface area contributed by atoms with E-state index in [1.807, 2.05) is 19.1 Å². The van der Waals surface area contributed by atoms with Crippen molar-refractivity contribution in [1.29, 1.82) is 0 Å². The van der Waals surface area contributed by atoms with Crippen LogP contribution in [0, 0.1) is 0 Å². The summed E-state index contributed by atoms with van der Waals surface area (Å²) in [4.78, 5) is 22.7. The topological polar surface area (TPSA) is 58.2 Å². The number of hydrogen-bond acceptors (Lipinski definition) is 3. The Labute approximate surface area is 101 Å². The highest BCUT2D eigenvalue weighted by molar-refractivity contribution is 5.96. The van der Waals surface area contributed by atoms with Crippen molar-refractivity contribution in [3.8, 4) is 0 Å². The molecule has 1 rings (SSSR count).